The molecule has 7 nitrogen and oxygen atoms in total. The summed E-state index contributed by atoms with van der Waals surface area (Å²) in [6.07, 6.45) is 0.157. The number of carbonyl (C=O) groups is 3. The van der Waals surface area contributed by atoms with Crippen molar-refractivity contribution in [2.75, 3.05) is 6.61 Å². The molecule has 168 valence electrons. The maximum Gasteiger partial charge on any atom is 0.243 e. The Morgan fingerprint density at radius 1 is 1.13 bits per heavy atom. The number of hydrogen-bond donors (Lipinski definition) is 3. The van der Waals surface area contributed by atoms with Crippen LogP contribution in [0.25, 0.3) is 0 Å². The van der Waals surface area contributed by atoms with Gasteiger partial charge in [0.05, 0.1) is 0 Å². The largest absolute Gasteiger partial charge is 0.417 e. The summed E-state index contributed by atoms with van der Waals surface area (Å²) in [5.74, 6) is -2.22. The summed E-state index contributed by atoms with van der Waals surface area (Å²) in [7, 11) is -2.01. The van der Waals surface area contributed by atoms with E-state index in [1.807, 2.05) is 0 Å². The molecule has 2 atom stereocenters. The van der Waals surface area contributed by atoms with Gasteiger partial charge in [-0.05, 0) is 36.2 Å². The molecule has 0 saturated heterocycles. The van der Waals surface area contributed by atoms with Crippen LogP contribution in [0.1, 0.15) is 39.7 Å². The number of amides is 3. The first-order chi connectivity index (χ1) is 13.7. The van der Waals surface area contributed by atoms with Crippen molar-refractivity contribution in [2.24, 2.45) is 5.73 Å². The van der Waals surface area contributed by atoms with Crippen LogP contribution in [0.2, 0.25) is 18.1 Å². The first-order valence-electron chi connectivity index (χ1n) is 9.98. The lowest BCUT2D eigenvalue weighted by atomic mass is 10.0. The zero-order chi connectivity index (χ0) is 23.1. The number of halogens is 1. The number of primary amides is 1. The van der Waals surface area contributed by atoms with Gasteiger partial charge in [0.25, 0.3) is 0 Å². The smallest absolute Gasteiger partial charge is 0.243 e. The Hall–Kier alpha value is -2.26. The summed E-state index contributed by atoms with van der Waals surface area (Å²) >= 11 is 0. The summed E-state index contributed by atoms with van der Waals surface area (Å²) < 4.78 is 20.0. The molecule has 0 fully saturated rings. The minimum absolute atomic E-state index is 0.00866. The van der Waals surface area contributed by atoms with Crippen molar-refractivity contribution in [1.29, 1.82) is 0 Å². The van der Waals surface area contributed by atoms with E-state index in [0.717, 1.165) is 0 Å². The van der Waals surface area contributed by atoms with Gasteiger partial charge in [0.15, 0.2) is 8.32 Å². The van der Waals surface area contributed by atoms with Crippen LogP contribution in [0.15, 0.2) is 24.3 Å². The predicted octanol–water partition coefficient (Wildman–Crippen LogP) is 2.25. The van der Waals surface area contributed by atoms with E-state index in [0.29, 0.717) is 0 Å². The summed E-state index contributed by atoms with van der Waals surface area (Å²) in [4.78, 5) is 36.1. The molecular weight excluding hydrogens is 405 g/mol. The van der Waals surface area contributed by atoms with E-state index in [1.54, 1.807) is 6.07 Å². The Kier molecular flexibility index (Phi) is 9.17. The monoisotopic (exact) mass is 439 g/mol. The molecule has 0 unspecified atom stereocenters. The Balaban J connectivity index is 2.83. The molecule has 1 aromatic rings. The lowest BCUT2D eigenvalue weighted by Gasteiger charge is -2.36. The molecule has 1 rings (SSSR count). The highest BCUT2D eigenvalue weighted by Crippen LogP contribution is 2.36. The number of hydrogen-bond acceptors (Lipinski definition) is 4. The highest BCUT2D eigenvalue weighted by atomic mass is 28.4. The van der Waals surface area contributed by atoms with Gasteiger partial charge in [-0.15, -0.1) is 0 Å². The van der Waals surface area contributed by atoms with Gasteiger partial charge in [0, 0.05) is 20.0 Å². The van der Waals surface area contributed by atoms with Gasteiger partial charge in [-0.2, -0.15) is 0 Å². The Bertz CT molecular complexity index is 765. The first kappa shape index (κ1) is 25.8. The van der Waals surface area contributed by atoms with E-state index in [-0.39, 0.29) is 30.1 Å². The van der Waals surface area contributed by atoms with Crippen molar-refractivity contribution >= 4 is 26.0 Å². The minimum atomic E-state index is -2.01. The van der Waals surface area contributed by atoms with E-state index in [2.05, 4.69) is 44.5 Å². The summed E-state index contributed by atoms with van der Waals surface area (Å²) in [6.45, 7) is 12.0. The van der Waals surface area contributed by atoms with Gasteiger partial charge in [0.2, 0.25) is 17.7 Å². The van der Waals surface area contributed by atoms with Gasteiger partial charge in [-0.3, -0.25) is 14.4 Å². The fourth-order valence-corrected chi connectivity index (χ4v) is 3.61. The number of nitrogens with one attached hydrogen (secondary N) is 2. The van der Waals surface area contributed by atoms with Crippen molar-refractivity contribution in [1.82, 2.24) is 10.6 Å². The van der Waals surface area contributed by atoms with Crippen LogP contribution in [0.5, 0.6) is 0 Å². The van der Waals surface area contributed by atoms with E-state index >= 15 is 0 Å². The molecule has 0 heterocycles. The maximum absolute atomic E-state index is 14.0. The molecule has 0 aliphatic rings. The van der Waals surface area contributed by atoms with Gasteiger partial charge < -0.3 is 20.8 Å². The number of carbonyl (C=O) groups excluding carboxylic acids is 3. The Labute approximate surface area is 179 Å². The third-order valence-electron chi connectivity index (χ3n) is 5.41. The number of rotatable bonds is 10. The second-order valence-corrected chi connectivity index (χ2v) is 13.7. The maximum atomic E-state index is 14.0. The van der Waals surface area contributed by atoms with E-state index in [4.69, 9.17) is 10.2 Å². The molecular formula is C21H34FN3O4Si. The highest BCUT2D eigenvalue weighted by Gasteiger charge is 2.37. The first-order valence-corrected chi connectivity index (χ1v) is 12.9. The molecule has 9 heteroatoms. The van der Waals surface area contributed by atoms with E-state index in [9.17, 15) is 18.8 Å². The van der Waals surface area contributed by atoms with Crippen LogP contribution < -0.4 is 16.4 Å². The Morgan fingerprint density at radius 3 is 2.23 bits per heavy atom. The third-order valence-corrected chi connectivity index (χ3v) is 9.95. The van der Waals surface area contributed by atoms with Crippen molar-refractivity contribution in [3.63, 3.8) is 0 Å². The lowest BCUT2D eigenvalue weighted by molar-refractivity contribution is -0.131. The molecule has 0 radical (unpaired) electrons. The summed E-state index contributed by atoms with van der Waals surface area (Å²) in [6, 6.07) is 4.00. The normalized spacial score (nSPS) is 14.0. The zero-order valence-electron chi connectivity index (χ0n) is 18.7. The van der Waals surface area contributed by atoms with Gasteiger partial charge >= 0.3 is 0 Å². The van der Waals surface area contributed by atoms with Crippen LogP contribution in [0.3, 0.4) is 0 Å². The van der Waals surface area contributed by atoms with Gasteiger partial charge in [-0.25, -0.2) is 4.39 Å². The topological polar surface area (TPSA) is 111 Å². The Morgan fingerprint density at radius 2 is 1.73 bits per heavy atom. The average Bonchev–Trinajstić information content (AvgIpc) is 2.60. The molecule has 30 heavy (non-hydrogen) atoms. The fourth-order valence-electron chi connectivity index (χ4n) is 2.54. The van der Waals surface area contributed by atoms with Crippen LogP contribution in [-0.2, 0) is 25.2 Å². The molecule has 4 N–H and O–H groups in total. The molecule has 0 aliphatic carbocycles. The standard InChI is InChI=1S/C21H34FN3O4Si/c1-14(26)24-18(13-15-9-7-8-10-16(15)22)20(28)25-17(19(23)27)11-12-29-30(5,6)21(2,3)4/h7-10,17-18H,11-13H2,1-6H3,(H2,23,27)(H,24,26)(H,25,28)/t17-,18+/m1/s1. The van der Waals surface area contributed by atoms with Gasteiger partial charge in [-0.1, -0.05) is 39.0 Å². The highest BCUT2D eigenvalue weighted by molar-refractivity contribution is 6.74. The SMILES string of the molecule is CC(=O)N[C@@H](Cc1ccccc1F)C(=O)N[C@H](CCO[Si](C)(C)C(C)(C)C)C(N)=O. The molecule has 3 amide bonds. The van der Waals surface area contributed by atoms with E-state index in [1.165, 1.54) is 25.1 Å². The summed E-state index contributed by atoms with van der Waals surface area (Å²) in [5, 5.41) is 5.09. The van der Waals surface area contributed by atoms with Crippen molar-refractivity contribution in [3.05, 3.63) is 35.6 Å². The molecule has 0 saturated carbocycles. The molecule has 0 bridgehead atoms. The second kappa shape index (κ2) is 10.7. The predicted molar refractivity (Wildman–Crippen MR) is 117 cm³/mol. The quantitative estimate of drug-likeness (QED) is 0.486. The molecule has 0 aliphatic heterocycles. The number of benzene rings is 1. The molecule has 0 spiro atoms. The second-order valence-electron chi connectivity index (χ2n) is 8.91. The molecule has 0 aromatic heterocycles. The van der Waals surface area contributed by atoms with Crippen LogP contribution in [0.4, 0.5) is 4.39 Å². The van der Waals surface area contributed by atoms with Crippen molar-refractivity contribution in [2.45, 2.75) is 70.8 Å². The lowest BCUT2D eigenvalue weighted by Crippen LogP contribution is -2.54. The van der Waals surface area contributed by atoms with Crippen LogP contribution >= 0.6 is 0 Å². The van der Waals surface area contributed by atoms with Gasteiger partial charge in [0.1, 0.15) is 17.9 Å². The average molecular weight is 440 g/mol. The third kappa shape index (κ3) is 7.87. The summed E-state index contributed by atoms with van der Waals surface area (Å²) in [5.41, 5.74) is 5.73. The van der Waals surface area contributed by atoms with Crippen LogP contribution in [0, 0.1) is 5.82 Å². The van der Waals surface area contributed by atoms with Crippen LogP contribution in [-0.4, -0.2) is 44.7 Å². The molecule has 1 aromatic carbocycles. The fraction of sp³-hybridized carbons (Fsp3) is 0.571. The van der Waals surface area contributed by atoms with E-state index < -0.39 is 43.9 Å². The van der Waals surface area contributed by atoms with Crippen molar-refractivity contribution in [3.8, 4) is 0 Å². The van der Waals surface area contributed by atoms with Crippen molar-refractivity contribution < 1.29 is 23.2 Å². The number of nitrogens with two attached hydrogens (primary N) is 1. The minimum Gasteiger partial charge on any atom is -0.417 e. The zero-order valence-corrected chi connectivity index (χ0v) is 19.7.